The topological polar surface area (TPSA) is 46.2 Å². The molecule has 2 aromatic rings. The van der Waals surface area contributed by atoms with E-state index in [1.165, 1.54) is 18.2 Å². The molecule has 1 amide bonds. The Morgan fingerprint density at radius 3 is 2.21 bits per heavy atom. The minimum absolute atomic E-state index is 0.0625. The van der Waals surface area contributed by atoms with Crippen LogP contribution >= 0.6 is 11.8 Å². The van der Waals surface area contributed by atoms with Crippen molar-refractivity contribution in [3.8, 4) is 11.1 Å². The lowest BCUT2D eigenvalue weighted by Gasteiger charge is -2.32. The summed E-state index contributed by atoms with van der Waals surface area (Å²) < 4.78 is 0. The van der Waals surface area contributed by atoms with Crippen LogP contribution in [0.15, 0.2) is 53.4 Å². The van der Waals surface area contributed by atoms with Gasteiger partial charge in [-0.3, -0.25) is 9.59 Å². The van der Waals surface area contributed by atoms with Crippen molar-refractivity contribution in [2.24, 2.45) is 10.8 Å². The third-order valence-electron chi connectivity index (χ3n) is 5.66. The Hall–Kier alpha value is -2.07. The highest BCUT2D eigenvalue weighted by atomic mass is 32.2. The largest absolute Gasteiger partial charge is 0.325 e. The van der Waals surface area contributed by atoms with Gasteiger partial charge in [-0.1, -0.05) is 83.4 Å². The maximum Gasteiger partial charge on any atom is 0.230 e. The molecule has 2 aromatic carbocycles. The van der Waals surface area contributed by atoms with E-state index in [4.69, 9.17) is 0 Å². The van der Waals surface area contributed by atoms with Crippen molar-refractivity contribution >= 4 is 28.5 Å². The molecule has 1 aliphatic carbocycles. The zero-order chi connectivity index (χ0) is 21.1. The normalized spacial score (nSPS) is 16.3. The van der Waals surface area contributed by atoms with Crippen molar-refractivity contribution in [3.63, 3.8) is 0 Å². The number of benzene rings is 2. The Bertz CT molecular complexity index is 877. The van der Waals surface area contributed by atoms with Gasteiger partial charge in [0.15, 0.2) is 5.12 Å². The summed E-state index contributed by atoms with van der Waals surface area (Å²) in [6.07, 6.45) is 5.23. The van der Waals surface area contributed by atoms with Crippen LogP contribution in [0.3, 0.4) is 0 Å². The number of carbonyl (C=O) groups is 2. The SMILES string of the molecule is CC(C)(C)C(=O)Sc1ccc(-c2ccccc2)cc1NC(=O)C1(C)CCCCC1. The minimum atomic E-state index is -0.445. The second kappa shape index (κ2) is 8.74. The van der Waals surface area contributed by atoms with Gasteiger partial charge in [-0.15, -0.1) is 0 Å². The fourth-order valence-corrected chi connectivity index (χ4v) is 4.47. The summed E-state index contributed by atoms with van der Waals surface area (Å²) in [4.78, 5) is 26.6. The van der Waals surface area contributed by atoms with Crippen LogP contribution in [0.4, 0.5) is 5.69 Å². The first-order valence-electron chi connectivity index (χ1n) is 10.4. The highest BCUT2D eigenvalue weighted by Gasteiger charge is 2.35. The molecule has 0 radical (unpaired) electrons. The number of amides is 1. The van der Waals surface area contributed by atoms with Gasteiger partial charge in [0.2, 0.25) is 5.91 Å². The van der Waals surface area contributed by atoms with E-state index in [-0.39, 0.29) is 16.4 Å². The lowest BCUT2D eigenvalue weighted by atomic mass is 9.75. The zero-order valence-electron chi connectivity index (χ0n) is 17.9. The minimum Gasteiger partial charge on any atom is -0.325 e. The molecular weight excluding hydrogens is 378 g/mol. The lowest BCUT2D eigenvalue weighted by Crippen LogP contribution is -2.35. The Kier molecular flexibility index (Phi) is 6.52. The predicted molar refractivity (Wildman–Crippen MR) is 122 cm³/mol. The molecule has 3 rings (SSSR count). The van der Waals surface area contributed by atoms with E-state index in [9.17, 15) is 9.59 Å². The van der Waals surface area contributed by atoms with Gasteiger partial charge in [0.1, 0.15) is 0 Å². The molecule has 0 aliphatic heterocycles. The highest BCUT2D eigenvalue weighted by Crippen LogP contribution is 2.40. The van der Waals surface area contributed by atoms with Gasteiger partial charge < -0.3 is 5.32 Å². The molecule has 1 aliphatic rings. The van der Waals surface area contributed by atoms with Crippen LogP contribution in [0.25, 0.3) is 11.1 Å². The zero-order valence-corrected chi connectivity index (χ0v) is 18.7. The smallest absolute Gasteiger partial charge is 0.230 e. The molecule has 154 valence electrons. The van der Waals surface area contributed by atoms with Gasteiger partial charge in [-0.25, -0.2) is 0 Å². The Morgan fingerprint density at radius 1 is 0.931 bits per heavy atom. The molecule has 0 aromatic heterocycles. The van der Waals surface area contributed by atoms with Crippen LogP contribution in [0.1, 0.15) is 59.8 Å². The number of nitrogens with one attached hydrogen (secondary N) is 1. The van der Waals surface area contributed by atoms with E-state index >= 15 is 0 Å². The number of hydrogen-bond acceptors (Lipinski definition) is 3. The molecule has 0 atom stereocenters. The van der Waals surface area contributed by atoms with Gasteiger partial charge in [0.05, 0.1) is 5.69 Å². The van der Waals surface area contributed by atoms with Gasteiger partial charge in [0.25, 0.3) is 0 Å². The monoisotopic (exact) mass is 409 g/mol. The Labute approximate surface area is 178 Å². The van der Waals surface area contributed by atoms with Crippen molar-refractivity contribution in [1.29, 1.82) is 0 Å². The van der Waals surface area contributed by atoms with Crippen LogP contribution in [0.5, 0.6) is 0 Å². The fraction of sp³-hybridized carbons (Fsp3) is 0.440. The Balaban J connectivity index is 1.93. The van der Waals surface area contributed by atoms with E-state index in [2.05, 4.69) is 24.4 Å². The quantitative estimate of drug-likeness (QED) is 0.557. The van der Waals surface area contributed by atoms with Gasteiger partial charge >= 0.3 is 0 Å². The van der Waals surface area contributed by atoms with Gasteiger partial charge in [0, 0.05) is 15.7 Å². The standard InChI is InChI=1S/C25H31NO2S/c1-24(2,3)23(28)29-21-14-13-19(18-11-7-5-8-12-18)17-20(21)26-22(27)25(4)15-9-6-10-16-25/h5,7-8,11-14,17H,6,9-10,15-16H2,1-4H3,(H,26,27). The van der Waals surface area contributed by atoms with E-state index in [0.29, 0.717) is 0 Å². The van der Waals surface area contributed by atoms with Crippen LogP contribution < -0.4 is 5.32 Å². The van der Waals surface area contributed by atoms with Gasteiger partial charge in [-0.05, 0) is 47.9 Å². The van der Waals surface area contributed by atoms with Crippen LogP contribution in [-0.4, -0.2) is 11.0 Å². The summed E-state index contributed by atoms with van der Waals surface area (Å²) in [5, 5.41) is 3.26. The number of rotatable bonds is 4. The first kappa shape index (κ1) is 21.6. The third-order valence-corrected chi connectivity index (χ3v) is 7.03. The van der Waals surface area contributed by atoms with Crippen LogP contribution in [0.2, 0.25) is 0 Å². The van der Waals surface area contributed by atoms with E-state index < -0.39 is 5.41 Å². The summed E-state index contributed by atoms with van der Waals surface area (Å²) in [6.45, 7) is 7.82. The molecule has 0 bridgehead atoms. The van der Waals surface area contributed by atoms with Crippen LogP contribution in [0, 0.1) is 10.8 Å². The Morgan fingerprint density at radius 2 is 1.59 bits per heavy atom. The van der Waals surface area contributed by atoms with E-state index in [1.807, 2.05) is 57.2 Å². The molecule has 0 spiro atoms. The summed E-state index contributed by atoms with van der Waals surface area (Å²) in [5.74, 6) is 0.0625. The molecule has 1 fully saturated rings. The highest BCUT2D eigenvalue weighted by molar-refractivity contribution is 8.13. The van der Waals surface area contributed by atoms with Gasteiger partial charge in [-0.2, -0.15) is 0 Å². The first-order chi connectivity index (χ1) is 13.7. The second-order valence-electron chi connectivity index (χ2n) is 9.29. The molecular formula is C25H31NO2S. The van der Waals surface area contributed by atoms with Crippen molar-refractivity contribution in [1.82, 2.24) is 0 Å². The molecule has 0 saturated heterocycles. The van der Waals surface area contributed by atoms with Crippen molar-refractivity contribution in [3.05, 3.63) is 48.5 Å². The molecule has 0 unspecified atom stereocenters. The number of anilines is 1. The number of carbonyl (C=O) groups excluding carboxylic acids is 2. The maximum atomic E-state index is 13.2. The summed E-state index contributed by atoms with van der Waals surface area (Å²) in [6, 6.07) is 16.1. The summed E-state index contributed by atoms with van der Waals surface area (Å²) >= 11 is 1.21. The second-order valence-corrected chi connectivity index (χ2v) is 10.3. The average molecular weight is 410 g/mol. The van der Waals surface area contributed by atoms with Crippen molar-refractivity contribution in [2.45, 2.75) is 64.7 Å². The maximum absolute atomic E-state index is 13.2. The summed E-state index contributed by atoms with van der Waals surface area (Å²) in [7, 11) is 0. The van der Waals surface area contributed by atoms with Crippen molar-refractivity contribution < 1.29 is 9.59 Å². The summed E-state index contributed by atoms with van der Waals surface area (Å²) in [5.41, 5.74) is 2.06. The molecule has 1 N–H and O–H groups in total. The fourth-order valence-electron chi connectivity index (χ4n) is 3.61. The molecule has 4 heteroatoms. The molecule has 3 nitrogen and oxygen atoms in total. The first-order valence-corrected chi connectivity index (χ1v) is 11.2. The van der Waals surface area contributed by atoms with Crippen LogP contribution in [-0.2, 0) is 9.59 Å². The number of hydrogen-bond donors (Lipinski definition) is 1. The lowest BCUT2D eigenvalue weighted by molar-refractivity contribution is -0.126. The van der Waals surface area contributed by atoms with E-state index in [1.54, 1.807) is 0 Å². The van der Waals surface area contributed by atoms with Crippen molar-refractivity contribution in [2.75, 3.05) is 5.32 Å². The van der Waals surface area contributed by atoms with E-state index in [0.717, 1.165) is 47.4 Å². The molecule has 1 saturated carbocycles. The average Bonchev–Trinajstić information content (AvgIpc) is 2.69. The molecule has 29 heavy (non-hydrogen) atoms. The third kappa shape index (κ3) is 5.30. The predicted octanol–water partition coefficient (Wildman–Crippen LogP) is 6.93. The number of thioether (sulfide) groups is 1. The molecule has 0 heterocycles.